The second kappa shape index (κ2) is 5.27. The fourth-order valence-electron chi connectivity index (χ4n) is 2.12. The standard InChI is InChI=1S/C13H17NO4/c1-17-11-5-3-2-4-10(11)14-13(12(15)16)6-8-18-9-7-13/h2-5,14H,6-9H2,1H3,(H,15,16). The molecule has 1 aliphatic rings. The highest BCUT2D eigenvalue weighted by Gasteiger charge is 2.40. The van der Waals surface area contributed by atoms with E-state index < -0.39 is 11.5 Å². The second-order valence-corrected chi connectivity index (χ2v) is 4.32. The van der Waals surface area contributed by atoms with E-state index in [9.17, 15) is 9.90 Å². The molecular formula is C13H17NO4. The Hall–Kier alpha value is -1.75. The summed E-state index contributed by atoms with van der Waals surface area (Å²) in [6.07, 6.45) is 0.890. The molecule has 0 bridgehead atoms. The summed E-state index contributed by atoms with van der Waals surface area (Å²) in [5.74, 6) is -0.207. The zero-order chi connectivity index (χ0) is 13.0. The number of benzene rings is 1. The van der Waals surface area contributed by atoms with E-state index in [0.29, 0.717) is 37.5 Å². The van der Waals surface area contributed by atoms with Crippen molar-refractivity contribution in [2.75, 3.05) is 25.6 Å². The first kappa shape index (κ1) is 12.7. The van der Waals surface area contributed by atoms with Gasteiger partial charge in [0, 0.05) is 26.1 Å². The Bertz CT molecular complexity index is 427. The topological polar surface area (TPSA) is 67.8 Å². The predicted octanol–water partition coefficient (Wildman–Crippen LogP) is 1.74. The smallest absolute Gasteiger partial charge is 0.329 e. The molecule has 0 unspecified atom stereocenters. The first-order valence-corrected chi connectivity index (χ1v) is 5.90. The molecule has 0 amide bonds. The molecule has 1 aromatic rings. The van der Waals surface area contributed by atoms with E-state index >= 15 is 0 Å². The number of anilines is 1. The summed E-state index contributed by atoms with van der Waals surface area (Å²) in [5, 5.41) is 12.6. The molecule has 0 radical (unpaired) electrons. The molecule has 0 aromatic heterocycles. The van der Waals surface area contributed by atoms with Crippen molar-refractivity contribution in [1.29, 1.82) is 0 Å². The summed E-state index contributed by atoms with van der Waals surface area (Å²) in [5.41, 5.74) is -0.267. The molecule has 5 heteroatoms. The quantitative estimate of drug-likeness (QED) is 0.853. The van der Waals surface area contributed by atoms with E-state index in [-0.39, 0.29) is 0 Å². The Morgan fingerprint density at radius 3 is 2.67 bits per heavy atom. The van der Waals surface area contributed by atoms with Gasteiger partial charge in [0.2, 0.25) is 0 Å². The van der Waals surface area contributed by atoms with E-state index in [2.05, 4.69) is 5.32 Å². The van der Waals surface area contributed by atoms with Crippen molar-refractivity contribution < 1.29 is 19.4 Å². The molecule has 0 saturated carbocycles. The number of carbonyl (C=O) groups is 1. The minimum Gasteiger partial charge on any atom is -0.495 e. The number of methoxy groups -OCH3 is 1. The van der Waals surface area contributed by atoms with Crippen LogP contribution < -0.4 is 10.1 Å². The summed E-state index contributed by atoms with van der Waals surface area (Å²) < 4.78 is 10.5. The van der Waals surface area contributed by atoms with Gasteiger partial charge in [-0.25, -0.2) is 4.79 Å². The minimum atomic E-state index is -0.965. The molecule has 1 aliphatic heterocycles. The van der Waals surface area contributed by atoms with Crippen LogP contribution in [0.3, 0.4) is 0 Å². The number of carboxylic acid groups (broad SMARTS) is 1. The lowest BCUT2D eigenvalue weighted by atomic mass is 9.89. The first-order valence-electron chi connectivity index (χ1n) is 5.90. The highest BCUT2D eigenvalue weighted by molar-refractivity contribution is 5.83. The summed E-state index contributed by atoms with van der Waals surface area (Å²) in [6, 6.07) is 7.32. The van der Waals surface area contributed by atoms with Crippen LogP contribution in [0, 0.1) is 0 Å². The number of hydrogen-bond donors (Lipinski definition) is 2. The molecule has 18 heavy (non-hydrogen) atoms. The van der Waals surface area contributed by atoms with Gasteiger partial charge in [-0.05, 0) is 12.1 Å². The van der Waals surface area contributed by atoms with Gasteiger partial charge in [-0.3, -0.25) is 0 Å². The summed E-state index contributed by atoms with van der Waals surface area (Å²) in [7, 11) is 1.57. The van der Waals surface area contributed by atoms with E-state index in [1.54, 1.807) is 13.2 Å². The van der Waals surface area contributed by atoms with Crippen molar-refractivity contribution in [2.45, 2.75) is 18.4 Å². The number of ether oxygens (including phenoxy) is 2. The van der Waals surface area contributed by atoms with Crippen LogP contribution in [0.2, 0.25) is 0 Å². The van der Waals surface area contributed by atoms with Gasteiger partial charge in [-0.1, -0.05) is 12.1 Å². The number of hydrogen-bond acceptors (Lipinski definition) is 4. The van der Waals surface area contributed by atoms with Crippen LogP contribution in [0.1, 0.15) is 12.8 Å². The molecule has 1 aromatic carbocycles. The zero-order valence-electron chi connectivity index (χ0n) is 10.3. The average Bonchev–Trinajstić information content (AvgIpc) is 2.40. The highest BCUT2D eigenvalue weighted by Crippen LogP contribution is 2.31. The van der Waals surface area contributed by atoms with Crippen LogP contribution >= 0.6 is 0 Å². The molecule has 1 heterocycles. The van der Waals surface area contributed by atoms with E-state index in [1.165, 1.54) is 0 Å². The Morgan fingerprint density at radius 2 is 2.06 bits per heavy atom. The van der Waals surface area contributed by atoms with Crippen molar-refractivity contribution in [2.24, 2.45) is 0 Å². The Morgan fingerprint density at radius 1 is 1.39 bits per heavy atom. The maximum Gasteiger partial charge on any atom is 0.329 e. The van der Waals surface area contributed by atoms with E-state index in [4.69, 9.17) is 9.47 Å². The lowest BCUT2D eigenvalue weighted by Crippen LogP contribution is -2.50. The molecule has 1 saturated heterocycles. The molecule has 1 fully saturated rings. The summed E-state index contributed by atoms with van der Waals surface area (Å²) in [4.78, 5) is 11.5. The van der Waals surface area contributed by atoms with Gasteiger partial charge in [0.1, 0.15) is 11.3 Å². The number of nitrogens with one attached hydrogen (secondary N) is 1. The lowest BCUT2D eigenvalue weighted by Gasteiger charge is -2.35. The lowest BCUT2D eigenvalue weighted by molar-refractivity contribution is -0.145. The predicted molar refractivity (Wildman–Crippen MR) is 67.0 cm³/mol. The van der Waals surface area contributed by atoms with Crippen molar-refractivity contribution in [3.05, 3.63) is 24.3 Å². The van der Waals surface area contributed by atoms with Gasteiger partial charge in [-0.15, -0.1) is 0 Å². The molecule has 2 rings (SSSR count). The zero-order valence-corrected chi connectivity index (χ0v) is 10.3. The van der Waals surface area contributed by atoms with Crippen LogP contribution in [-0.4, -0.2) is 36.9 Å². The van der Waals surface area contributed by atoms with Gasteiger partial charge < -0.3 is 19.9 Å². The van der Waals surface area contributed by atoms with Crippen LogP contribution in [0.15, 0.2) is 24.3 Å². The summed E-state index contributed by atoms with van der Waals surface area (Å²) >= 11 is 0. The number of para-hydroxylation sites is 2. The van der Waals surface area contributed by atoms with Crippen LogP contribution in [0.4, 0.5) is 5.69 Å². The van der Waals surface area contributed by atoms with E-state index in [0.717, 1.165) is 0 Å². The van der Waals surface area contributed by atoms with Gasteiger partial charge in [0.25, 0.3) is 0 Å². The number of carboxylic acids is 1. The van der Waals surface area contributed by atoms with Crippen LogP contribution in [-0.2, 0) is 9.53 Å². The third kappa shape index (κ3) is 2.41. The van der Waals surface area contributed by atoms with Crippen molar-refractivity contribution in [3.63, 3.8) is 0 Å². The highest BCUT2D eigenvalue weighted by atomic mass is 16.5. The van der Waals surface area contributed by atoms with Crippen LogP contribution in [0.25, 0.3) is 0 Å². The molecule has 0 spiro atoms. The SMILES string of the molecule is COc1ccccc1NC1(C(=O)O)CCOCC1. The van der Waals surface area contributed by atoms with Crippen LogP contribution in [0.5, 0.6) is 5.75 Å². The van der Waals surface area contributed by atoms with Gasteiger partial charge >= 0.3 is 5.97 Å². The molecule has 0 aliphatic carbocycles. The monoisotopic (exact) mass is 251 g/mol. The third-order valence-electron chi connectivity index (χ3n) is 3.24. The Balaban J connectivity index is 2.26. The fourth-order valence-corrected chi connectivity index (χ4v) is 2.12. The third-order valence-corrected chi connectivity index (χ3v) is 3.24. The first-order chi connectivity index (χ1) is 8.68. The molecule has 0 atom stereocenters. The summed E-state index contributed by atoms with van der Waals surface area (Å²) in [6.45, 7) is 0.906. The van der Waals surface area contributed by atoms with Gasteiger partial charge in [0.15, 0.2) is 0 Å². The van der Waals surface area contributed by atoms with Crippen molar-refractivity contribution in [3.8, 4) is 5.75 Å². The number of rotatable bonds is 4. The fraction of sp³-hybridized carbons (Fsp3) is 0.462. The Kier molecular flexibility index (Phi) is 3.72. The van der Waals surface area contributed by atoms with Crippen molar-refractivity contribution >= 4 is 11.7 Å². The molecule has 98 valence electrons. The van der Waals surface area contributed by atoms with Gasteiger partial charge in [-0.2, -0.15) is 0 Å². The minimum absolute atomic E-state index is 0.445. The normalized spacial score (nSPS) is 18.1. The largest absolute Gasteiger partial charge is 0.495 e. The number of aliphatic carboxylic acids is 1. The maximum atomic E-state index is 11.5. The molecule has 2 N–H and O–H groups in total. The maximum absolute atomic E-state index is 11.5. The Labute approximate surface area is 106 Å². The molecule has 5 nitrogen and oxygen atoms in total. The van der Waals surface area contributed by atoms with Gasteiger partial charge in [0.05, 0.1) is 12.8 Å². The van der Waals surface area contributed by atoms with E-state index in [1.807, 2.05) is 18.2 Å². The molecular weight excluding hydrogens is 234 g/mol. The second-order valence-electron chi connectivity index (χ2n) is 4.32. The average molecular weight is 251 g/mol. The van der Waals surface area contributed by atoms with Crippen molar-refractivity contribution in [1.82, 2.24) is 0 Å².